The maximum absolute atomic E-state index is 7.79. The van der Waals surface area contributed by atoms with Gasteiger partial charge >= 0.3 is 13.7 Å². The molecule has 3 aliphatic carbocycles. The third-order valence-electron chi connectivity index (χ3n) is 35.8. The molecule has 10 heterocycles. The standard InChI is InChI=1S/C125H112B2N4O4/c1-69-56-87-91(64-98(69)129-99-61-80-78-58-88-90(119(7,8)49-48-118(88,5)6)65-104(78)133-106(80)67-94(99)126-111-81(63-108-109(115(111)129)74-35-23-29-45-103(74)132-108)73-36-30-40-85-113(73)130(126)96-42-26-24-38-83(96)122(85,13)14)124(17,52-50-120(87,9)10)54-55-125(18)53-51-121(11,12)89-59-77-79-60-93-100(68-107(79)134-105(77)66-92(89)125)128(95-47-46-71(117(2,3)4)57-76(95)70-32-20-19-21-33-70)101-62-82-72-34-22-28-44-102(72)135-116(82)110-75-37-31-41-86-114(75)131(127(93)112(101)110)97-43-27-25-39-84(97)123(86,15)16/h19-47,56-68H,48-55H2,1-18H3. The average Bonchev–Trinajstić information content (AvgIpc) is 1.66. The zero-order chi connectivity index (χ0) is 91.9. The third-order valence-corrected chi connectivity index (χ3v) is 35.8. The molecule has 8 nitrogen and oxygen atoms in total. The average molecular weight is 1760 g/mol. The number of para-hydroxylation sites is 6. The van der Waals surface area contributed by atoms with E-state index >= 15 is 0 Å². The highest BCUT2D eigenvalue weighted by molar-refractivity contribution is 6.95. The molecule has 0 N–H and O–H groups in total. The predicted molar refractivity (Wildman–Crippen MR) is 566 cm³/mol. The molecule has 2 unspecified atom stereocenters. The molecule has 6 aliphatic heterocycles. The molecule has 0 saturated carbocycles. The van der Waals surface area contributed by atoms with Crippen LogP contribution in [-0.4, -0.2) is 13.7 Å². The minimum absolute atomic E-state index is 0.00315. The zero-order valence-corrected chi connectivity index (χ0v) is 81.0. The minimum atomic E-state index is -0.311. The first kappa shape index (κ1) is 80.3. The molecule has 15 aromatic carbocycles. The summed E-state index contributed by atoms with van der Waals surface area (Å²) >= 11 is 0. The number of benzene rings is 15. The zero-order valence-electron chi connectivity index (χ0n) is 81.0. The first-order valence-corrected chi connectivity index (χ1v) is 49.7. The van der Waals surface area contributed by atoms with Crippen LogP contribution in [0.3, 0.4) is 0 Å². The van der Waals surface area contributed by atoms with E-state index in [9.17, 15) is 0 Å². The molecule has 135 heavy (non-hydrogen) atoms. The van der Waals surface area contributed by atoms with E-state index in [2.05, 4.69) is 399 Å². The van der Waals surface area contributed by atoms with Crippen molar-refractivity contribution in [2.75, 3.05) is 19.4 Å². The molecule has 0 spiro atoms. The summed E-state index contributed by atoms with van der Waals surface area (Å²) in [4.78, 5) is 10.9. The van der Waals surface area contributed by atoms with Crippen molar-refractivity contribution in [1.29, 1.82) is 0 Å². The Kier molecular flexibility index (Phi) is 15.6. The minimum Gasteiger partial charge on any atom is -0.456 e. The summed E-state index contributed by atoms with van der Waals surface area (Å²) in [6.07, 6.45) is 8.52. The Balaban J connectivity index is 0.634. The van der Waals surface area contributed by atoms with E-state index in [4.69, 9.17) is 17.7 Å². The molecule has 4 aromatic heterocycles. The lowest BCUT2D eigenvalue weighted by Gasteiger charge is -2.51. The largest absolute Gasteiger partial charge is 0.456 e. The van der Waals surface area contributed by atoms with Crippen molar-refractivity contribution >= 4 is 180 Å². The summed E-state index contributed by atoms with van der Waals surface area (Å²) in [6, 6.07) is 99.1. The van der Waals surface area contributed by atoms with Gasteiger partial charge in [0.1, 0.15) is 44.7 Å². The van der Waals surface area contributed by atoms with Crippen LogP contribution in [0.5, 0.6) is 0 Å². The van der Waals surface area contributed by atoms with Crippen molar-refractivity contribution in [3.05, 3.63) is 322 Å². The van der Waals surface area contributed by atoms with Gasteiger partial charge in [0.25, 0.3) is 0 Å². The molecule has 2 atom stereocenters. The van der Waals surface area contributed by atoms with Crippen LogP contribution in [0.4, 0.5) is 56.9 Å². The van der Waals surface area contributed by atoms with Crippen LogP contribution in [0.2, 0.25) is 0 Å². The lowest BCUT2D eigenvalue weighted by atomic mass is 9.42. The summed E-state index contributed by atoms with van der Waals surface area (Å²) < 4.78 is 30.0. The smallest absolute Gasteiger partial charge is 0.333 e. The van der Waals surface area contributed by atoms with Gasteiger partial charge in [-0.15, -0.1) is 0 Å². The molecular weight excluding hydrogens is 1640 g/mol. The van der Waals surface area contributed by atoms with E-state index in [1.54, 1.807) is 0 Å². The highest BCUT2D eigenvalue weighted by Gasteiger charge is 2.56. The molecular formula is C125H112B2N4O4. The summed E-state index contributed by atoms with van der Waals surface area (Å²) in [5.41, 5.74) is 46.5. The molecule has 0 radical (unpaired) electrons. The van der Waals surface area contributed by atoms with Gasteiger partial charge in [-0.2, -0.15) is 0 Å². The van der Waals surface area contributed by atoms with Gasteiger partial charge in [-0.1, -0.05) is 275 Å². The van der Waals surface area contributed by atoms with Crippen LogP contribution in [0.1, 0.15) is 236 Å². The molecule has 0 fully saturated rings. The topological polar surface area (TPSA) is 65.5 Å². The van der Waals surface area contributed by atoms with Crippen LogP contribution < -0.4 is 41.3 Å². The van der Waals surface area contributed by atoms with Crippen LogP contribution in [0.25, 0.3) is 121 Å². The summed E-state index contributed by atoms with van der Waals surface area (Å²) in [5.74, 6) is 0. The Bertz CT molecular complexity index is 8600. The highest BCUT2D eigenvalue weighted by atomic mass is 16.3. The molecule has 0 bridgehead atoms. The van der Waals surface area contributed by atoms with Gasteiger partial charge in [-0.25, -0.2) is 0 Å². The quantitative estimate of drug-likeness (QED) is 0.153. The number of anilines is 10. The van der Waals surface area contributed by atoms with E-state index in [1.807, 2.05) is 0 Å². The maximum atomic E-state index is 7.79. The lowest BCUT2D eigenvalue weighted by Crippen LogP contribution is -2.63. The second-order valence-electron chi connectivity index (χ2n) is 47.2. The van der Waals surface area contributed by atoms with Crippen molar-refractivity contribution in [2.45, 2.75) is 225 Å². The van der Waals surface area contributed by atoms with Crippen molar-refractivity contribution < 1.29 is 17.7 Å². The van der Waals surface area contributed by atoms with Crippen LogP contribution in [0, 0.1) is 6.92 Å². The normalized spacial score (nSPS) is 19.8. The summed E-state index contributed by atoms with van der Waals surface area (Å²) in [7, 11) is 0. The van der Waals surface area contributed by atoms with E-state index in [0.29, 0.717) is 0 Å². The van der Waals surface area contributed by atoms with Crippen molar-refractivity contribution in [3.63, 3.8) is 0 Å². The Morgan fingerprint density at radius 3 is 1.43 bits per heavy atom. The SMILES string of the molecule is Cc1cc2c(cc1N1c3cc4c(cc3B3c5c(cc6oc7ccccc7c6c51)-c1cccc5c1N3c1ccccc1C5(C)C)oc1cc3c(cc14)C(C)(C)CCC3(C)C)C(C)(CCC1(C)CCC(C)(C)c3cc4c(cc31)oc1cc3c(cc14)B1c4c(cc5c(oc6ccccc65)c4-c4cccc5c4N1c1ccccc1C5(C)C)N3c1ccc(C(C)(C)C)cc1-c1ccccc1)CCC2(C)C. The summed E-state index contributed by atoms with van der Waals surface area (Å²) in [6.45, 7) is 43.8. The second-order valence-corrected chi connectivity index (χ2v) is 47.2. The van der Waals surface area contributed by atoms with E-state index in [-0.39, 0.29) is 62.4 Å². The second kappa shape index (κ2) is 26.3. The van der Waals surface area contributed by atoms with Crippen molar-refractivity contribution in [1.82, 2.24) is 0 Å². The molecule has 10 heteroatoms. The Morgan fingerprint density at radius 1 is 0.296 bits per heavy atom. The number of furan rings is 4. The molecule has 28 rings (SSSR count). The van der Waals surface area contributed by atoms with Gasteiger partial charge in [-0.05, 0) is 287 Å². The molecule has 662 valence electrons. The first-order chi connectivity index (χ1) is 64.7. The number of hydrogen-bond donors (Lipinski definition) is 0. The molecule has 0 amide bonds. The van der Waals surface area contributed by atoms with Gasteiger partial charge in [0, 0.05) is 122 Å². The number of nitrogens with zero attached hydrogens (tertiary/aromatic N) is 4. The van der Waals surface area contributed by atoms with Crippen LogP contribution >= 0.6 is 0 Å². The Labute approximate surface area is 791 Å². The number of aryl methyl sites for hydroxylation is 1. The van der Waals surface area contributed by atoms with Gasteiger partial charge < -0.3 is 37.1 Å². The number of rotatable bonds is 6. The fraction of sp³-hybridized carbons (Fsp3) is 0.280. The fourth-order valence-corrected chi connectivity index (χ4v) is 27.8. The van der Waals surface area contributed by atoms with Gasteiger partial charge in [0.05, 0.1) is 16.8 Å². The van der Waals surface area contributed by atoms with Crippen LogP contribution in [0.15, 0.2) is 272 Å². The lowest BCUT2D eigenvalue weighted by molar-refractivity contribution is 0.238. The van der Waals surface area contributed by atoms with Gasteiger partial charge in [-0.3, -0.25) is 0 Å². The first-order valence-electron chi connectivity index (χ1n) is 49.7. The van der Waals surface area contributed by atoms with Crippen molar-refractivity contribution in [3.8, 4) is 33.4 Å². The molecule has 19 aromatic rings. The van der Waals surface area contributed by atoms with E-state index < -0.39 is 0 Å². The third kappa shape index (κ3) is 10.6. The number of fused-ring (bicyclic) bond motifs is 29. The van der Waals surface area contributed by atoms with Gasteiger partial charge in [0.2, 0.25) is 0 Å². The highest BCUT2D eigenvalue weighted by Crippen LogP contribution is 2.64. The summed E-state index contributed by atoms with van der Waals surface area (Å²) in [5, 5.41) is 9.12. The maximum Gasteiger partial charge on any atom is 0.333 e. The van der Waals surface area contributed by atoms with Crippen LogP contribution in [-0.2, 0) is 48.7 Å². The van der Waals surface area contributed by atoms with E-state index in [0.717, 1.165) is 151 Å². The molecule has 0 saturated heterocycles. The van der Waals surface area contributed by atoms with Gasteiger partial charge in [0.15, 0.2) is 0 Å². The molecule has 9 aliphatic rings. The monoisotopic (exact) mass is 1750 g/mol. The predicted octanol–water partition coefficient (Wildman–Crippen LogP) is 31.7. The fourth-order valence-electron chi connectivity index (χ4n) is 27.8. The number of hydrogen-bond acceptors (Lipinski definition) is 8. The Hall–Kier alpha value is -13.2. The van der Waals surface area contributed by atoms with E-state index in [1.165, 1.54) is 167 Å². The Morgan fingerprint density at radius 2 is 0.778 bits per heavy atom. The van der Waals surface area contributed by atoms with Crippen molar-refractivity contribution in [2.24, 2.45) is 0 Å².